The summed E-state index contributed by atoms with van der Waals surface area (Å²) in [6.07, 6.45) is 1.06. The zero-order valence-electron chi connectivity index (χ0n) is 20.7. The number of carbonyl (C=O) groups is 3. The number of hydrogen-bond acceptors (Lipinski definition) is 4. The highest BCUT2D eigenvalue weighted by molar-refractivity contribution is 5.92. The first-order chi connectivity index (χ1) is 14.8. The highest BCUT2D eigenvalue weighted by atomic mass is 16.6. The van der Waals surface area contributed by atoms with Gasteiger partial charge in [0.2, 0.25) is 11.8 Å². The highest BCUT2D eigenvalue weighted by Crippen LogP contribution is 2.40. The summed E-state index contributed by atoms with van der Waals surface area (Å²) in [5, 5.41) is 5.60. The molecule has 0 saturated heterocycles. The van der Waals surface area contributed by atoms with Crippen molar-refractivity contribution in [3.8, 4) is 0 Å². The largest absolute Gasteiger partial charge is 0.444 e. The van der Waals surface area contributed by atoms with Gasteiger partial charge in [0, 0.05) is 12.1 Å². The van der Waals surface area contributed by atoms with E-state index >= 15 is 0 Å². The second-order valence-corrected chi connectivity index (χ2v) is 10.1. The van der Waals surface area contributed by atoms with Crippen LogP contribution in [0, 0.1) is 5.92 Å². The molecule has 1 fully saturated rings. The van der Waals surface area contributed by atoms with E-state index < -0.39 is 23.8 Å². The first-order valence-electron chi connectivity index (χ1n) is 11.5. The maximum Gasteiger partial charge on any atom is 0.408 e. The molecule has 0 spiro atoms. The molecule has 0 aromatic heterocycles. The van der Waals surface area contributed by atoms with E-state index in [1.165, 1.54) is 0 Å². The van der Waals surface area contributed by atoms with Gasteiger partial charge >= 0.3 is 6.09 Å². The third-order valence-corrected chi connectivity index (χ3v) is 5.44. The normalized spacial score (nSPS) is 19.7. The molecule has 0 heterocycles. The predicted molar refractivity (Wildman–Crippen MR) is 125 cm³/mol. The molecule has 4 atom stereocenters. The van der Waals surface area contributed by atoms with Crippen molar-refractivity contribution >= 4 is 17.9 Å². The molecule has 1 aliphatic carbocycles. The Morgan fingerprint density at radius 1 is 1.09 bits per heavy atom. The SMILES string of the molecule is CCc1ccc(C(C(=O)NC(C)C)N(C(=O)C(C)NC(=O)OC(C)(C)C)C2CC2C)cc1. The summed E-state index contributed by atoms with van der Waals surface area (Å²) >= 11 is 0. The molecule has 2 rings (SSSR count). The molecular formula is C25H39N3O4. The molecule has 7 nitrogen and oxygen atoms in total. The van der Waals surface area contributed by atoms with Gasteiger partial charge in [0.15, 0.2) is 0 Å². The van der Waals surface area contributed by atoms with Crippen molar-refractivity contribution in [1.29, 1.82) is 0 Å². The number of nitrogens with zero attached hydrogens (tertiary/aromatic N) is 1. The maximum absolute atomic E-state index is 13.6. The number of ether oxygens (including phenoxy) is 1. The molecule has 7 heteroatoms. The molecule has 0 radical (unpaired) electrons. The maximum atomic E-state index is 13.6. The third-order valence-electron chi connectivity index (χ3n) is 5.44. The fraction of sp³-hybridized carbons (Fsp3) is 0.640. The predicted octanol–water partition coefficient (Wildman–Crippen LogP) is 3.96. The minimum absolute atomic E-state index is 0.0563. The van der Waals surface area contributed by atoms with E-state index in [1.807, 2.05) is 38.1 Å². The summed E-state index contributed by atoms with van der Waals surface area (Å²) in [4.78, 5) is 40.8. The molecule has 32 heavy (non-hydrogen) atoms. The number of aryl methyl sites for hydroxylation is 1. The fourth-order valence-corrected chi connectivity index (χ4v) is 3.68. The number of alkyl carbamates (subject to hydrolysis) is 1. The van der Waals surface area contributed by atoms with Crippen LogP contribution in [0.3, 0.4) is 0 Å². The average Bonchev–Trinajstić information content (AvgIpc) is 3.39. The highest BCUT2D eigenvalue weighted by Gasteiger charge is 2.47. The lowest BCUT2D eigenvalue weighted by Crippen LogP contribution is -2.53. The number of hydrogen-bond donors (Lipinski definition) is 2. The number of amides is 3. The molecule has 1 saturated carbocycles. The van der Waals surface area contributed by atoms with E-state index in [9.17, 15) is 14.4 Å². The molecular weight excluding hydrogens is 406 g/mol. The Kier molecular flexibility index (Phi) is 8.32. The van der Waals surface area contributed by atoms with Crippen LogP contribution in [0.2, 0.25) is 0 Å². The van der Waals surface area contributed by atoms with Crippen molar-refractivity contribution in [3.05, 3.63) is 35.4 Å². The van der Waals surface area contributed by atoms with Crippen LogP contribution in [0.5, 0.6) is 0 Å². The van der Waals surface area contributed by atoms with E-state index in [2.05, 4.69) is 24.5 Å². The van der Waals surface area contributed by atoms with Crippen LogP contribution in [0.15, 0.2) is 24.3 Å². The summed E-state index contributed by atoms with van der Waals surface area (Å²) in [5.41, 5.74) is 1.25. The molecule has 0 bridgehead atoms. The summed E-state index contributed by atoms with van der Waals surface area (Å²) in [5.74, 6) is -0.230. The van der Waals surface area contributed by atoms with Gasteiger partial charge in [-0.1, -0.05) is 38.1 Å². The minimum Gasteiger partial charge on any atom is -0.444 e. The van der Waals surface area contributed by atoms with Crippen molar-refractivity contribution in [1.82, 2.24) is 15.5 Å². The summed E-state index contributed by atoms with van der Waals surface area (Å²) in [7, 11) is 0. The van der Waals surface area contributed by atoms with Crippen molar-refractivity contribution in [2.45, 2.75) is 98.0 Å². The summed E-state index contributed by atoms with van der Waals surface area (Å²) < 4.78 is 5.31. The van der Waals surface area contributed by atoms with E-state index in [0.717, 1.165) is 24.0 Å². The lowest BCUT2D eigenvalue weighted by Gasteiger charge is -2.34. The Labute approximate surface area is 192 Å². The number of carbonyl (C=O) groups excluding carboxylic acids is 3. The Bertz CT molecular complexity index is 813. The van der Waals surface area contributed by atoms with Crippen LogP contribution in [0.4, 0.5) is 4.79 Å². The van der Waals surface area contributed by atoms with E-state index in [4.69, 9.17) is 4.74 Å². The number of rotatable bonds is 8. The molecule has 0 aliphatic heterocycles. The van der Waals surface area contributed by atoms with Crippen molar-refractivity contribution < 1.29 is 19.1 Å². The lowest BCUT2D eigenvalue weighted by atomic mass is 10.00. The smallest absolute Gasteiger partial charge is 0.408 e. The van der Waals surface area contributed by atoms with Crippen LogP contribution >= 0.6 is 0 Å². The third kappa shape index (κ3) is 6.97. The van der Waals surface area contributed by atoms with Crippen molar-refractivity contribution in [2.75, 3.05) is 0 Å². The summed E-state index contributed by atoms with van der Waals surface area (Å²) in [6, 6.07) is 6.10. The lowest BCUT2D eigenvalue weighted by molar-refractivity contribution is -0.143. The first kappa shape index (κ1) is 25.7. The van der Waals surface area contributed by atoms with Gasteiger partial charge in [-0.05, 0) is 71.4 Å². The molecule has 1 aromatic carbocycles. The van der Waals surface area contributed by atoms with E-state index in [-0.39, 0.29) is 29.8 Å². The first-order valence-corrected chi connectivity index (χ1v) is 11.5. The minimum atomic E-state index is -0.832. The van der Waals surface area contributed by atoms with E-state index in [0.29, 0.717) is 0 Å². The second-order valence-electron chi connectivity index (χ2n) is 10.1. The number of benzene rings is 1. The van der Waals surface area contributed by atoms with Crippen molar-refractivity contribution in [2.24, 2.45) is 5.92 Å². The van der Waals surface area contributed by atoms with Crippen LogP contribution in [-0.2, 0) is 20.7 Å². The zero-order chi connectivity index (χ0) is 24.2. The molecule has 1 aliphatic rings. The van der Waals surface area contributed by atoms with Gasteiger partial charge in [0.25, 0.3) is 0 Å². The fourth-order valence-electron chi connectivity index (χ4n) is 3.68. The van der Waals surface area contributed by atoms with Gasteiger partial charge < -0.3 is 20.3 Å². The zero-order valence-corrected chi connectivity index (χ0v) is 20.7. The molecule has 1 aromatic rings. The van der Waals surface area contributed by atoms with Gasteiger partial charge in [0.1, 0.15) is 17.7 Å². The van der Waals surface area contributed by atoms with Crippen LogP contribution in [-0.4, -0.2) is 46.5 Å². The molecule has 3 amide bonds. The quantitative estimate of drug-likeness (QED) is 0.634. The van der Waals surface area contributed by atoms with Gasteiger partial charge in [-0.25, -0.2) is 4.79 Å². The van der Waals surface area contributed by atoms with Gasteiger partial charge in [-0.3, -0.25) is 9.59 Å². The van der Waals surface area contributed by atoms with Crippen molar-refractivity contribution in [3.63, 3.8) is 0 Å². The average molecular weight is 446 g/mol. The molecule has 4 unspecified atom stereocenters. The second kappa shape index (κ2) is 10.4. The Balaban J connectivity index is 2.36. The van der Waals surface area contributed by atoms with Gasteiger partial charge in [-0.2, -0.15) is 0 Å². The Hall–Kier alpha value is -2.57. The Morgan fingerprint density at radius 2 is 1.66 bits per heavy atom. The Morgan fingerprint density at radius 3 is 2.09 bits per heavy atom. The molecule has 2 N–H and O–H groups in total. The van der Waals surface area contributed by atoms with Crippen LogP contribution < -0.4 is 10.6 Å². The molecule has 178 valence electrons. The monoisotopic (exact) mass is 445 g/mol. The van der Waals surface area contributed by atoms with Gasteiger partial charge in [-0.15, -0.1) is 0 Å². The van der Waals surface area contributed by atoms with E-state index in [1.54, 1.807) is 32.6 Å². The number of nitrogens with one attached hydrogen (secondary N) is 2. The topological polar surface area (TPSA) is 87.7 Å². The standard InChI is InChI=1S/C25H39N3O4/c1-9-18-10-12-19(13-11-18)21(22(29)26-15(2)3)28(20-14-16(20)4)23(30)17(5)27-24(31)32-25(6,7)8/h10-13,15-17,20-21H,9,14H2,1-8H3,(H,26,29)(H,27,31). The van der Waals surface area contributed by atoms with Crippen LogP contribution in [0.25, 0.3) is 0 Å². The summed E-state index contributed by atoms with van der Waals surface area (Å²) in [6.45, 7) is 14.9. The van der Waals surface area contributed by atoms with Crippen LogP contribution in [0.1, 0.15) is 79.0 Å². The van der Waals surface area contributed by atoms with Gasteiger partial charge in [0.05, 0.1) is 0 Å².